The summed E-state index contributed by atoms with van der Waals surface area (Å²) in [5, 5.41) is 5.04. The Morgan fingerprint density at radius 1 is 1.04 bits per heavy atom. The van der Waals surface area contributed by atoms with E-state index in [1.54, 1.807) is 19.2 Å². The van der Waals surface area contributed by atoms with Crippen LogP contribution in [0.2, 0.25) is 15.1 Å². The molecule has 3 nitrogen and oxygen atoms in total. The molecular weight excluding hydrogens is 416 g/mol. The van der Waals surface area contributed by atoms with Gasteiger partial charge in [-0.15, -0.1) is 12.4 Å². The summed E-state index contributed by atoms with van der Waals surface area (Å²) in [6.07, 6.45) is 2.31. The quantitative estimate of drug-likeness (QED) is 0.450. The smallest absolute Gasteiger partial charge is 0.180 e. The Morgan fingerprint density at radius 2 is 1.81 bits per heavy atom. The highest BCUT2D eigenvalue weighted by Gasteiger charge is 2.13. The number of benzene rings is 2. The molecule has 144 valence electrons. The van der Waals surface area contributed by atoms with Crippen molar-refractivity contribution in [3.05, 3.63) is 56.5 Å². The highest BCUT2D eigenvalue weighted by atomic mass is 35.5. The van der Waals surface area contributed by atoms with Gasteiger partial charge in [0.25, 0.3) is 0 Å². The maximum atomic E-state index is 6.40. The van der Waals surface area contributed by atoms with Crippen LogP contribution in [0.15, 0.2) is 30.3 Å². The van der Waals surface area contributed by atoms with Gasteiger partial charge in [0.1, 0.15) is 6.61 Å². The molecule has 0 atom stereocenters. The lowest BCUT2D eigenvalue weighted by molar-refractivity contribution is 0.284. The van der Waals surface area contributed by atoms with E-state index >= 15 is 0 Å². The summed E-state index contributed by atoms with van der Waals surface area (Å²) in [5.74, 6) is 1.11. The lowest BCUT2D eigenvalue weighted by Crippen LogP contribution is -2.14. The van der Waals surface area contributed by atoms with Gasteiger partial charge in [-0.05, 0) is 42.8 Å². The van der Waals surface area contributed by atoms with E-state index in [4.69, 9.17) is 44.3 Å². The van der Waals surface area contributed by atoms with E-state index in [1.807, 2.05) is 18.2 Å². The predicted molar refractivity (Wildman–Crippen MR) is 113 cm³/mol. The molecule has 0 saturated carbocycles. The van der Waals surface area contributed by atoms with E-state index in [1.165, 1.54) is 0 Å². The fourth-order valence-electron chi connectivity index (χ4n) is 2.34. The number of ether oxygens (including phenoxy) is 2. The third-order valence-corrected chi connectivity index (χ3v) is 4.58. The van der Waals surface area contributed by atoms with Crippen LogP contribution in [0.5, 0.6) is 11.5 Å². The van der Waals surface area contributed by atoms with Crippen LogP contribution >= 0.6 is 47.2 Å². The zero-order valence-electron chi connectivity index (χ0n) is 14.8. The minimum Gasteiger partial charge on any atom is -0.493 e. The van der Waals surface area contributed by atoms with Crippen LogP contribution in [0.1, 0.15) is 30.9 Å². The van der Waals surface area contributed by atoms with Crippen molar-refractivity contribution in [2.75, 3.05) is 13.7 Å². The van der Waals surface area contributed by atoms with Crippen LogP contribution in [0.4, 0.5) is 0 Å². The van der Waals surface area contributed by atoms with Gasteiger partial charge in [0, 0.05) is 22.2 Å². The van der Waals surface area contributed by atoms with E-state index in [0.717, 1.165) is 37.1 Å². The molecule has 0 spiro atoms. The van der Waals surface area contributed by atoms with Gasteiger partial charge in [-0.2, -0.15) is 0 Å². The molecule has 0 saturated heterocycles. The van der Waals surface area contributed by atoms with Crippen LogP contribution in [-0.4, -0.2) is 13.7 Å². The summed E-state index contributed by atoms with van der Waals surface area (Å²) >= 11 is 18.5. The molecule has 0 unspecified atom stereocenters. The van der Waals surface area contributed by atoms with Crippen molar-refractivity contribution in [2.45, 2.75) is 32.9 Å². The molecule has 2 aromatic carbocycles. The van der Waals surface area contributed by atoms with E-state index < -0.39 is 0 Å². The van der Waals surface area contributed by atoms with Crippen molar-refractivity contribution < 1.29 is 9.47 Å². The maximum Gasteiger partial charge on any atom is 0.180 e. The summed E-state index contributed by atoms with van der Waals surface area (Å²) in [7, 11) is 1.60. The molecule has 0 aliphatic heterocycles. The molecule has 0 aliphatic rings. The Kier molecular flexibility index (Phi) is 10.5. The number of rotatable bonds is 9. The highest BCUT2D eigenvalue weighted by Crippen LogP contribution is 2.37. The van der Waals surface area contributed by atoms with E-state index in [0.29, 0.717) is 26.6 Å². The zero-order valence-corrected chi connectivity index (χ0v) is 17.9. The molecule has 0 bridgehead atoms. The number of nitrogens with one attached hydrogen (secondary N) is 1. The van der Waals surface area contributed by atoms with E-state index in [-0.39, 0.29) is 19.0 Å². The van der Waals surface area contributed by atoms with Crippen molar-refractivity contribution in [2.24, 2.45) is 0 Å². The summed E-state index contributed by atoms with van der Waals surface area (Å²) in [6, 6.07) is 9.12. The number of methoxy groups -OCH3 is 1. The fraction of sp³-hybridized carbons (Fsp3) is 0.368. The Hall–Kier alpha value is -0.840. The third-order valence-electron chi connectivity index (χ3n) is 3.71. The second-order valence-corrected chi connectivity index (χ2v) is 6.91. The van der Waals surface area contributed by atoms with Gasteiger partial charge in [0.15, 0.2) is 11.5 Å². The average Bonchev–Trinajstić information content (AvgIpc) is 2.58. The lowest BCUT2D eigenvalue weighted by Gasteiger charge is -2.15. The predicted octanol–water partition coefficient (Wildman–Crippen LogP) is 6.55. The minimum atomic E-state index is 0. The van der Waals surface area contributed by atoms with E-state index in [9.17, 15) is 0 Å². The Bertz CT molecular complexity index is 710. The average molecular weight is 439 g/mol. The minimum absolute atomic E-state index is 0. The van der Waals surface area contributed by atoms with Crippen molar-refractivity contribution in [1.82, 2.24) is 5.32 Å². The summed E-state index contributed by atoms with van der Waals surface area (Å²) < 4.78 is 11.3. The molecule has 2 aromatic rings. The first-order valence-corrected chi connectivity index (χ1v) is 9.32. The van der Waals surface area contributed by atoms with Crippen LogP contribution in [0, 0.1) is 0 Å². The zero-order chi connectivity index (χ0) is 18.2. The van der Waals surface area contributed by atoms with Crippen molar-refractivity contribution >= 4 is 47.2 Å². The molecule has 2 rings (SSSR count). The Balaban J connectivity index is 0.00000338. The fourth-order valence-corrected chi connectivity index (χ4v) is 3.09. The van der Waals surface area contributed by atoms with Crippen molar-refractivity contribution in [3.63, 3.8) is 0 Å². The SMILES string of the molecule is CCCCNCc1cc(Cl)c(OCc2ccc(Cl)cc2Cl)c(OC)c1.Cl. The second-order valence-electron chi connectivity index (χ2n) is 5.66. The summed E-state index contributed by atoms with van der Waals surface area (Å²) in [5.41, 5.74) is 1.88. The van der Waals surface area contributed by atoms with Gasteiger partial charge in [0.2, 0.25) is 0 Å². The summed E-state index contributed by atoms with van der Waals surface area (Å²) in [6.45, 7) is 4.16. The molecule has 0 heterocycles. The second kappa shape index (κ2) is 11.8. The molecular formula is C19H23Cl4NO2. The molecule has 0 aromatic heterocycles. The van der Waals surface area contributed by atoms with Gasteiger partial charge in [-0.25, -0.2) is 0 Å². The third kappa shape index (κ3) is 6.71. The van der Waals surface area contributed by atoms with Gasteiger partial charge >= 0.3 is 0 Å². The Morgan fingerprint density at radius 3 is 2.46 bits per heavy atom. The van der Waals surface area contributed by atoms with Gasteiger partial charge < -0.3 is 14.8 Å². The molecule has 0 aliphatic carbocycles. The normalized spacial score (nSPS) is 10.3. The van der Waals surface area contributed by atoms with Crippen LogP contribution in [0.3, 0.4) is 0 Å². The molecule has 0 fully saturated rings. The van der Waals surface area contributed by atoms with Crippen LogP contribution < -0.4 is 14.8 Å². The van der Waals surface area contributed by atoms with E-state index in [2.05, 4.69) is 12.2 Å². The molecule has 7 heteroatoms. The highest BCUT2D eigenvalue weighted by molar-refractivity contribution is 6.35. The molecule has 1 N–H and O–H groups in total. The largest absolute Gasteiger partial charge is 0.493 e. The number of hydrogen-bond donors (Lipinski definition) is 1. The maximum absolute atomic E-state index is 6.40. The summed E-state index contributed by atoms with van der Waals surface area (Å²) in [4.78, 5) is 0. The standard InChI is InChI=1S/C19H22Cl3NO2.ClH/c1-3-4-7-23-11-13-8-17(22)19(18(9-13)24-2)25-12-14-5-6-15(20)10-16(14)21;/h5-6,8-10,23H,3-4,7,11-12H2,1-2H3;1H. The van der Waals surface area contributed by atoms with Crippen LogP contribution in [0.25, 0.3) is 0 Å². The van der Waals surface area contributed by atoms with Crippen molar-refractivity contribution in [3.8, 4) is 11.5 Å². The number of halogens is 4. The topological polar surface area (TPSA) is 30.5 Å². The molecule has 0 radical (unpaired) electrons. The first-order chi connectivity index (χ1) is 12.0. The molecule has 26 heavy (non-hydrogen) atoms. The van der Waals surface area contributed by atoms with Crippen molar-refractivity contribution in [1.29, 1.82) is 0 Å². The lowest BCUT2D eigenvalue weighted by atomic mass is 10.2. The van der Waals surface area contributed by atoms with Gasteiger partial charge in [-0.3, -0.25) is 0 Å². The van der Waals surface area contributed by atoms with Gasteiger partial charge in [0.05, 0.1) is 12.1 Å². The number of unbranched alkanes of at least 4 members (excludes halogenated alkanes) is 1. The first kappa shape index (κ1) is 23.2. The molecule has 0 amide bonds. The monoisotopic (exact) mass is 437 g/mol. The Labute approximate surface area is 176 Å². The number of hydrogen-bond acceptors (Lipinski definition) is 3. The van der Waals surface area contributed by atoms with Crippen LogP contribution in [-0.2, 0) is 13.2 Å². The van der Waals surface area contributed by atoms with Gasteiger partial charge in [-0.1, -0.05) is 54.2 Å². The first-order valence-electron chi connectivity index (χ1n) is 8.19.